The molecule has 0 saturated carbocycles. The van der Waals surface area contributed by atoms with Crippen molar-refractivity contribution in [3.05, 3.63) is 53.1 Å². The third-order valence-corrected chi connectivity index (χ3v) is 6.13. The van der Waals surface area contributed by atoms with Gasteiger partial charge in [0.25, 0.3) is 0 Å². The zero-order chi connectivity index (χ0) is 24.8. The first-order valence-corrected chi connectivity index (χ1v) is 11.2. The van der Waals surface area contributed by atoms with E-state index in [-0.39, 0.29) is 5.92 Å². The topological polar surface area (TPSA) is 58.2 Å². The van der Waals surface area contributed by atoms with Crippen molar-refractivity contribution in [3.63, 3.8) is 0 Å². The highest BCUT2D eigenvalue weighted by molar-refractivity contribution is 5.54. The highest BCUT2D eigenvalue weighted by atomic mass is 19.4. The van der Waals surface area contributed by atoms with Crippen LogP contribution >= 0.6 is 0 Å². The Morgan fingerprint density at radius 1 is 0.941 bits per heavy atom. The van der Waals surface area contributed by atoms with Crippen molar-refractivity contribution in [2.24, 2.45) is 0 Å². The smallest absolute Gasteiger partial charge is 0.416 e. The maximum atomic E-state index is 13.0. The molecule has 1 atom stereocenters. The molecular formula is C25H32F3NO5. The van der Waals surface area contributed by atoms with Gasteiger partial charge < -0.3 is 29.0 Å². The molecule has 3 rings (SSSR count). The summed E-state index contributed by atoms with van der Waals surface area (Å²) in [5, 5.41) is 3.13. The summed E-state index contributed by atoms with van der Waals surface area (Å²) < 4.78 is 67.7. The van der Waals surface area contributed by atoms with E-state index in [0.717, 1.165) is 36.2 Å². The van der Waals surface area contributed by atoms with E-state index in [0.29, 0.717) is 43.3 Å². The van der Waals surface area contributed by atoms with Gasteiger partial charge in [0.05, 0.1) is 40.1 Å². The van der Waals surface area contributed by atoms with Crippen LogP contribution in [0.4, 0.5) is 13.2 Å². The summed E-state index contributed by atoms with van der Waals surface area (Å²) in [5.74, 6) is 0.450. The first-order chi connectivity index (χ1) is 16.3. The Labute approximate surface area is 198 Å². The number of hydrogen-bond donors (Lipinski definition) is 1. The number of alkyl halides is 3. The van der Waals surface area contributed by atoms with E-state index in [1.165, 1.54) is 7.11 Å². The zero-order valence-corrected chi connectivity index (χ0v) is 20.0. The third kappa shape index (κ3) is 5.76. The van der Waals surface area contributed by atoms with Crippen molar-refractivity contribution in [1.82, 2.24) is 5.32 Å². The second kappa shape index (κ2) is 11.3. The van der Waals surface area contributed by atoms with E-state index < -0.39 is 17.5 Å². The number of ether oxygens (including phenoxy) is 5. The summed E-state index contributed by atoms with van der Waals surface area (Å²) in [6.45, 7) is 1.58. The van der Waals surface area contributed by atoms with Gasteiger partial charge in [-0.15, -0.1) is 0 Å². The lowest BCUT2D eigenvalue weighted by Gasteiger charge is -2.31. The maximum Gasteiger partial charge on any atom is 0.416 e. The summed E-state index contributed by atoms with van der Waals surface area (Å²) in [4.78, 5) is 0. The van der Waals surface area contributed by atoms with Crippen LogP contribution in [0.5, 0.6) is 17.2 Å². The van der Waals surface area contributed by atoms with E-state index in [2.05, 4.69) is 5.32 Å². The van der Waals surface area contributed by atoms with Crippen LogP contribution in [-0.4, -0.2) is 48.1 Å². The summed E-state index contributed by atoms with van der Waals surface area (Å²) in [6.07, 6.45) is -2.46. The molecule has 1 N–H and O–H groups in total. The fourth-order valence-corrected chi connectivity index (χ4v) is 4.32. The largest absolute Gasteiger partial charge is 0.493 e. The number of nitrogens with one attached hydrogen (secondary N) is 1. The molecule has 1 aliphatic rings. The van der Waals surface area contributed by atoms with Gasteiger partial charge in [0.15, 0.2) is 17.3 Å². The molecule has 188 valence electrons. The summed E-state index contributed by atoms with van der Waals surface area (Å²) in [5.41, 5.74) is 0.931. The summed E-state index contributed by atoms with van der Waals surface area (Å²) in [6, 6.07) is 9.02. The van der Waals surface area contributed by atoms with Crippen LogP contribution in [0.3, 0.4) is 0 Å². The van der Waals surface area contributed by atoms with Crippen LogP contribution in [-0.2, 0) is 21.4 Å². The van der Waals surface area contributed by atoms with Gasteiger partial charge in [0.1, 0.15) is 0 Å². The first kappa shape index (κ1) is 26.1. The van der Waals surface area contributed by atoms with Gasteiger partial charge in [0, 0.05) is 12.0 Å². The predicted molar refractivity (Wildman–Crippen MR) is 122 cm³/mol. The standard InChI is InChI=1S/C25H32F3NO5/c1-29-12-10-18(17-5-7-19(8-6-17)25(26,27)28)9-11-24(33-13-14-34-24)20-15-21(30-2)23(32-4)22(16-20)31-3/h5-8,15-16,18,29H,9-14H2,1-4H3. The summed E-state index contributed by atoms with van der Waals surface area (Å²) >= 11 is 0. The van der Waals surface area contributed by atoms with Crippen LogP contribution in [0.1, 0.15) is 41.9 Å². The Bertz CT molecular complexity index is 902. The van der Waals surface area contributed by atoms with Crippen molar-refractivity contribution in [2.75, 3.05) is 48.1 Å². The van der Waals surface area contributed by atoms with Crippen LogP contribution in [0.25, 0.3) is 0 Å². The van der Waals surface area contributed by atoms with Crippen LogP contribution in [0.2, 0.25) is 0 Å². The molecule has 2 aromatic rings. The van der Waals surface area contributed by atoms with Crippen molar-refractivity contribution in [1.29, 1.82) is 0 Å². The monoisotopic (exact) mass is 483 g/mol. The van der Waals surface area contributed by atoms with Gasteiger partial charge in [-0.1, -0.05) is 12.1 Å². The Morgan fingerprint density at radius 3 is 2.00 bits per heavy atom. The maximum absolute atomic E-state index is 13.0. The van der Waals surface area contributed by atoms with E-state index in [9.17, 15) is 13.2 Å². The van der Waals surface area contributed by atoms with Gasteiger partial charge in [-0.2, -0.15) is 13.2 Å². The summed E-state index contributed by atoms with van der Waals surface area (Å²) in [7, 11) is 6.48. The van der Waals surface area contributed by atoms with Gasteiger partial charge in [-0.3, -0.25) is 0 Å². The molecule has 0 aliphatic carbocycles. The van der Waals surface area contributed by atoms with E-state index in [1.54, 1.807) is 26.4 Å². The van der Waals surface area contributed by atoms with E-state index in [1.807, 2.05) is 19.2 Å². The van der Waals surface area contributed by atoms with E-state index in [4.69, 9.17) is 23.7 Å². The number of hydrogen-bond acceptors (Lipinski definition) is 6. The Balaban J connectivity index is 1.89. The number of methoxy groups -OCH3 is 3. The predicted octanol–water partition coefficient (Wildman–Crippen LogP) is 5.10. The minimum absolute atomic E-state index is 0.0152. The molecule has 1 aliphatic heterocycles. The van der Waals surface area contributed by atoms with Crippen molar-refractivity contribution in [2.45, 2.75) is 37.1 Å². The Morgan fingerprint density at radius 2 is 1.53 bits per heavy atom. The lowest BCUT2D eigenvalue weighted by molar-refractivity contribution is -0.172. The lowest BCUT2D eigenvalue weighted by Crippen LogP contribution is -2.28. The Kier molecular flexibility index (Phi) is 8.67. The highest BCUT2D eigenvalue weighted by Crippen LogP contribution is 2.46. The van der Waals surface area contributed by atoms with Crippen molar-refractivity contribution in [3.8, 4) is 17.2 Å². The third-order valence-electron chi connectivity index (χ3n) is 6.13. The molecule has 0 radical (unpaired) electrons. The number of halogens is 3. The molecule has 0 aromatic heterocycles. The Hall–Kier alpha value is -2.49. The van der Waals surface area contributed by atoms with Gasteiger partial charge in [-0.05, 0) is 62.2 Å². The molecule has 1 unspecified atom stereocenters. The molecule has 2 aromatic carbocycles. The second-order valence-electron chi connectivity index (χ2n) is 8.11. The average Bonchev–Trinajstić information content (AvgIpc) is 3.32. The van der Waals surface area contributed by atoms with Crippen LogP contribution in [0, 0.1) is 0 Å². The quantitative estimate of drug-likeness (QED) is 0.480. The lowest BCUT2D eigenvalue weighted by atomic mass is 9.87. The van der Waals surface area contributed by atoms with Gasteiger partial charge in [0.2, 0.25) is 5.75 Å². The van der Waals surface area contributed by atoms with Gasteiger partial charge in [-0.25, -0.2) is 0 Å². The second-order valence-corrected chi connectivity index (χ2v) is 8.11. The molecule has 1 saturated heterocycles. The minimum atomic E-state index is -4.36. The fraction of sp³-hybridized carbons (Fsp3) is 0.520. The molecular weight excluding hydrogens is 451 g/mol. The van der Waals surface area contributed by atoms with Gasteiger partial charge >= 0.3 is 6.18 Å². The molecule has 0 amide bonds. The SMILES string of the molecule is CNCCC(CCC1(c2cc(OC)c(OC)c(OC)c2)OCCO1)c1ccc(C(F)(F)F)cc1. The molecule has 1 fully saturated rings. The number of rotatable bonds is 11. The normalized spacial score (nSPS) is 16.3. The minimum Gasteiger partial charge on any atom is -0.493 e. The van der Waals surface area contributed by atoms with Crippen LogP contribution in [0.15, 0.2) is 36.4 Å². The molecule has 0 spiro atoms. The zero-order valence-electron chi connectivity index (χ0n) is 20.0. The van der Waals surface area contributed by atoms with E-state index >= 15 is 0 Å². The van der Waals surface area contributed by atoms with Crippen molar-refractivity contribution >= 4 is 0 Å². The van der Waals surface area contributed by atoms with Crippen LogP contribution < -0.4 is 19.5 Å². The number of benzene rings is 2. The molecule has 0 bridgehead atoms. The average molecular weight is 484 g/mol. The molecule has 6 nitrogen and oxygen atoms in total. The first-order valence-electron chi connectivity index (χ1n) is 11.2. The molecule has 9 heteroatoms. The molecule has 1 heterocycles. The molecule has 34 heavy (non-hydrogen) atoms. The fourth-order valence-electron chi connectivity index (χ4n) is 4.32. The van der Waals surface area contributed by atoms with Crippen molar-refractivity contribution < 1.29 is 36.9 Å². The highest BCUT2D eigenvalue weighted by Gasteiger charge is 2.40.